The SMILES string of the molecule is O=C(C(C1=NCCN1Cc1ccc(Cl)nc1)=C(O)C(F)(F)F)C(F)(F)F. The molecular weight excluding hydrogens is 392 g/mol. The lowest BCUT2D eigenvalue weighted by atomic mass is 10.1. The van der Waals surface area contributed by atoms with Gasteiger partial charge in [-0.25, -0.2) is 4.98 Å². The zero-order valence-corrected chi connectivity index (χ0v) is 13.5. The number of nitrogens with zero attached hydrogens (tertiary/aromatic N) is 3. The number of Topliss-reactive ketones (excluding diaryl/α,β-unsaturated/α-hetero) is 1. The first-order valence-corrected chi connectivity index (χ1v) is 7.31. The maximum atomic E-state index is 12.8. The van der Waals surface area contributed by atoms with Crippen LogP contribution in [0, 0.1) is 0 Å². The first kappa shape index (κ1) is 20.0. The molecule has 0 spiro atoms. The molecule has 0 atom stereocenters. The van der Waals surface area contributed by atoms with Crippen LogP contribution < -0.4 is 0 Å². The number of aliphatic imine (C=N–C) groups is 1. The minimum atomic E-state index is -5.62. The van der Waals surface area contributed by atoms with Gasteiger partial charge < -0.3 is 10.0 Å². The van der Waals surface area contributed by atoms with E-state index in [9.17, 15) is 36.2 Å². The Kier molecular flexibility index (Phi) is 5.49. The Balaban J connectivity index is 2.43. The number of alkyl halides is 6. The highest BCUT2D eigenvalue weighted by Gasteiger charge is 2.50. The van der Waals surface area contributed by atoms with E-state index in [1.807, 2.05) is 0 Å². The second kappa shape index (κ2) is 7.14. The minimum Gasteiger partial charge on any atom is -0.504 e. The van der Waals surface area contributed by atoms with Crippen LogP contribution in [0.15, 0.2) is 34.7 Å². The van der Waals surface area contributed by atoms with Gasteiger partial charge in [-0.05, 0) is 11.6 Å². The number of pyridine rings is 1. The monoisotopic (exact) mass is 401 g/mol. The minimum absolute atomic E-state index is 0.0439. The maximum absolute atomic E-state index is 12.8. The van der Waals surface area contributed by atoms with E-state index in [2.05, 4.69) is 9.98 Å². The zero-order chi connectivity index (χ0) is 19.7. The molecule has 12 heteroatoms. The summed E-state index contributed by atoms with van der Waals surface area (Å²) in [6.45, 7) is -0.364. The van der Waals surface area contributed by atoms with Crippen LogP contribution in [0.4, 0.5) is 26.3 Å². The second-order valence-electron chi connectivity index (χ2n) is 5.16. The van der Waals surface area contributed by atoms with Gasteiger partial charge in [-0.3, -0.25) is 9.79 Å². The highest BCUT2D eigenvalue weighted by Crippen LogP contribution is 2.32. The molecule has 0 radical (unpaired) electrons. The van der Waals surface area contributed by atoms with Gasteiger partial charge in [0, 0.05) is 19.3 Å². The lowest BCUT2D eigenvalue weighted by Gasteiger charge is -2.23. The van der Waals surface area contributed by atoms with Gasteiger partial charge in [0.05, 0.1) is 6.54 Å². The van der Waals surface area contributed by atoms with E-state index in [1.54, 1.807) is 0 Å². The second-order valence-corrected chi connectivity index (χ2v) is 5.55. The molecule has 0 aromatic carbocycles. The van der Waals surface area contributed by atoms with E-state index in [0.717, 1.165) is 4.90 Å². The van der Waals surface area contributed by atoms with Gasteiger partial charge in [0.2, 0.25) is 5.76 Å². The van der Waals surface area contributed by atoms with E-state index >= 15 is 0 Å². The van der Waals surface area contributed by atoms with E-state index in [-0.39, 0.29) is 24.8 Å². The standard InChI is InChI=1S/C14H10ClF6N3O2/c15-8-2-1-7(5-23-8)6-24-4-3-22-12(24)9(10(25)13(16,17)18)11(26)14(19,20)21/h1-2,5,25H,3-4,6H2. The summed E-state index contributed by atoms with van der Waals surface area (Å²) in [5.41, 5.74) is -1.52. The summed E-state index contributed by atoms with van der Waals surface area (Å²) < 4.78 is 76.5. The van der Waals surface area contributed by atoms with Gasteiger partial charge >= 0.3 is 12.4 Å². The molecule has 0 unspecified atom stereocenters. The van der Waals surface area contributed by atoms with Gasteiger partial charge in [-0.15, -0.1) is 0 Å². The van der Waals surface area contributed by atoms with E-state index < -0.39 is 35.3 Å². The number of hydrogen-bond acceptors (Lipinski definition) is 5. The molecule has 1 aliphatic heterocycles. The largest absolute Gasteiger partial charge is 0.504 e. The van der Waals surface area contributed by atoms with Crippen molar-refractivity contribution in [3.05, 3.63) is 40.4 Å². The molecule has 1 aliphatic rings. The van der Waals surface area contributed by atoms with Crippen molar-refractivity contribution < 1.29 is 36.2 Å². The van der Waals surface area contributed by atoms with E-state index in [1.165, 1.54) is 18.3 Å². The Hall–Kier alpha value is -2.30. The highest BCUT2D eigenvalue weighted by molar-refractivity contribution is 6.29. The Morgan fingerprint density at radius 2 is 1.85 bits per heavy atom. The van der Waals surface area contributed by atoms with Gasteiger partial charge in [0.15, 0.2) is 0 Å². The number of ketones is 1. The molecule has 0 amide bonds. The molecule has 0 saturated carbocycles. The van der Waals surface area contributed by atoms with Crippen molar-refractivity contribution in [2.45, 2.75) is 18.9 Å². The molecule has 142 valence electrons. The first-order valence-electron chi connectivity index (χ1n) is 6.93. The summed E-state index contributed by atoms with van der Waals surface area (Å²) in [6, 6.07) is 2.85. The molecule has 0 bridgehead atoms. The Bertz CT molecular complexity index is 755. The van der Waals surface area contributed by atoms with Crippen LogP contribution in [-0.2, 0) is 11.3 Å². The fraction of sp³-hybridized carbons (Fsp3) is 0.357. The molecule has 0 fully saturated rings. The molecule has 1 aromatic rings. The predicted molar refractivity (Wildman–Crippen MR) is 78.7 cm³/mol. The van der Waals surface area contributed by atoms with Crippen molar-refractivity contribution in [1.29, 1.82) is 0 Å². The number of allylic oxidation sites excluding steroid dienone is 1. The average molecular weight is 402 g/mol. The van der Waals surface area contributed by atoms with Crippen molar-refractivity contribution in [2.75, 3.05) is 13.1 Å². The van der Waals surface area contributed by atoms with E-state index in [4.69, 9.17) is 11.6 Å². The molecule has 2 heterocycles. The lowest BCUT2D eigenvalue weighted by molar-refractivity contribution is -0.167. The predicted octanol–water partition coefficient (Wildman–Crippen LogP) is 3.45. The van der Waals surface area contributed by atoms with Crippen molar-refractivity contribution in [2.24, 2.45) is 4.99 Å². The van der Waals surface area contributed by atoms with Crippen LogP contribution in [0.3, 0.4) is 0 Å². The van der Waals surface area contributed by atoms with Crippen molar-refractivity contribution >= 4 is 23.2 Å². The van der Waals surface area contributed by atoms with Crippen molar-refractivity contribution in [3.8, 4) is 0 Å². The fourth-order valence-electron chi connectivity index (χ4n) is 2.19. The van der Waals surface area contributed by atoms with Crippen LogP contribution in [0.2, 0.25) is 5.15 Å². The molecule has 2 rings (SSSR count). The van der Waals surface area contributed by atoms with Gasteiger partial charge in [-0.2, -0.15) is 26.3 Å². The lowest BCUT2D eigenvalue weighted by Crippen LogP contribution is -2.38. The van der Waals surface area contributed by atoms with E-state index in [0.29, 0.717) is 5.56 Å². The zero-order valence-electron chi connectivity index (χ0n) is 12.7. The first-order chi connectivity index (χ1) is 11.9. The molecule has 0 saturated heterocycles. The summed E-state index contributed by atoms with van der Waals surface area (Å²) in [5.74, 6) is -6.34. The van der Waals surface area contributed by atoms with Crippen LogP contribution in [-0.4, -0.2) is 52.1 Å². The van der Waals surface area contributed by atoms with Gasteiger partial charge in [0.25, 0.3) is 5.78 Å². The summed E-state index contributed by atoms with van der Waals surface area (Å²) in [6.07, 6.45) is -9.89. The van der Waals surface area contributed by atoms with Crippen LogP contribution in [0.1, 0.15) is 5.56 Å². The Morgan fingerprint density at radius 1 is 1.19 bits per heavy atom. The average Bonchev–Trinajstić information content (AvgIpc) is 2.96. The molecular formula is C14H10ClF6N3O2. The molecule has 5 nitrogen and oxygen atoms in total. The summed E-state index contributed by atoms with van der Waals surface area (Å²) >= 11 is 5.61. The molecule has 0 aliphatic carbocycles. The van der Waals surface area contributed by atoms with Crippen LogP contribution >= 0.6 is 11.6 Å². The molecule has 1 aromatic heterocycles. The number of amidine groups is 1. The summed E-state index contributed by atoms with van der Waals surface area (Å²) in [4.78, 5) is 19.8. The maximum Gasteiger partial charge on any atom is 0.455 e. The quantitative estimate of drug-likeness (QED) is 0.363. The third kappa shape index (κ3) is 4.45. The highest BCUT2D eigenvalue weighted by atomic mass is 35.5. The number of aliphatic hydroxyl groups is 1. The normalized spacial score (nSPS) is 16.4. The topological polar surface area (TPSA) is 65.8 Å². The third-order valence-corrected chi connectivity index (χ3v) is 3.53. The van der Waals surface area contributed by atoms with Crippen LogP contribution in [0.5, 0.6) is 0 Å². The van der Waals surface area contributed by atoms with Gasteiger partial charge in [-0.1, -0.05) is 17.7 Å². The number of aliphatic hydroxyl groups excluding tert-OH is 1. The molecule has 1 N–H and O–H groups in total. The summed E-state index contributed by atoms with van der Waals surface area (Å²) in [5, 5.41) is 9.40. The summed E-state index contributed by atoms with van der Waals surface area (Å²) in [7, 11) is 0. The van der Waals surface area contributed by atoms with Crippen molar-refractivity contribution in [1.82, 2.24) is 9.88 Å². The smallest absolute Gasteiger partial charge is 0.455 e. The number of rotatable bonds is 4. The number of hydrogen-bond donors (Lipinski definition) is 1. The number of halogens is 7. The van der Waals surface area contributed by atoms with Crippen molar-refractivity contribution in [3.63, 3.8) is 0 Å². The number of aromatic nitrogens is 1. The van der Waals surface area contributed by atoms with Gasteiger partial charge in [0.1, 0.15) is 16.6 Å². The Labute approximate surface area is 147 Å². The number of carbonyl (C=O) groups excluding carboxylic acids is 1. The third-order valence-electron chi connectivity index (χ3n) is 3.31. The Morgan fingerprint density at radius 3 is 2.35 bits per heavy atom. The molecule has 26 heavy (non-hydrogen) atoms. The fourth-order valence-corrected chi connectivity index (χ4v) is 2.30. The number of carbonyl (C=O) groups is 1. The van der Waals surface area contributed by atoms with Crippen LogP contribution in [0.25, 0.3) is 0 Å².